The van der Waals surface area contributed by atoms with E-state index < -0.39 is 23.5 Å². The molecule has 1 aliphatic rings. The Morgan fingerprint density at radius 2 is 2.08 bits per heavy atom. The predicted molar refractivity (Wildman–Crippen MR) is 86.4 cm³/mol. The van der Waals surface area contributed by atoms with Crippen LogP contribution >= 0.6 is 23.2 Å². The van der Waals surface area contributed by atoms with Crippen LogP contribution in [0.4, 0.5) is 14.5 Å². The third-order valence-electron chi connectivity index (χ3n) is 3.84. The fourth-order valence-corrected chi connectivity index (χ4v) is 3.04. The first-order valence-electron chi connectivity index (χ1n) is 7.04. The van der Waals surface area contributed by atoms with Gasteiger partial charge in [0.05, 0.1) is 28.9 Å². The maximum absolute atomic E-state index is 14.5. The predicted octanol–water partition coefficient (Wildman–Crippen LogP) is 4.08. The Morgan fingerprint density at radius 3 is 2.71 bits per heavy atom. The fraction of sp³-hybridized carbons (Fsp3) is 0.250. The summed E-state index contributed by atoms with van der Waals surface area (Å²) in [6.07, 6.45) is 0.251. The number of carbonyl (C=O) groups is 1. The Bertz CT molecular complexity index is 828. The summed E-state index contributed by atoms with van der Waals surface area (Å²) in [5, 5.41) is 10.0. The van der Waals surface area contributed by atoms with E-state index in [2.05, 4.69) is 4.98 Å². The summed E-state index contributed by atoms with van der Waals surface area (Å²) in [6.45, 7) is 1.25. The largest absolute Gasteiger partial charge is 0.389 e. The molecule has 0 fully saturated rings. The van der Waals surface area contributed by atoms with Crippen LogP contribution in [-0.4, -0.2) is 16.0 Å². The van der Waals surface area contributed by atoms with Crippen LogP contribution in [0.15, 0.2) is 30.5 Å². The monoisotopic (exact) mass is 372 g/mol. The van der Waals surface area contributed by atoms with Crippen LogP contribution in [0.3, 0.4) is 0 Å². The average molecular weight is 373 g/mol. The molecule has 0 radical (unpaired) electrons. The van der Waals surface area contributed by atoms with Gasteiger partial charge in [-0.2, -0.15) is 8.78 Å². The molecule has 2 heterocycles. The number of aliphatic hydroxyl groups excluding tert-OH is 1. The Hall–Kier alpha value is -1.76. The van der Waals surface area contributed by atoms with Crippen molar-refractivity contribution in [1.82, 2.24) is 4.98 Å². The summed E-state index contributed by atoms with van der Waals surface area (Å²) in [7, 11) is 0. The summed E-state index contributed by atoms with van der Waals surface area (Å²) in [5.41, 5.74) is 0.0944. The number of nitrogens with zero attached hydrogens (tertiary/aromatic N) is 2. The molecule has 126 valence electrons. The van der Waals surface area contributed by atoms with E-state index >= 15 is 0 Å². The number of anilines is 1. The van der Waals surface area contributed by atoms with Gasteiger partial charge in [-0.25, -0.2) is 4.98 Å². The lowest BCUT2D eigenvalue weighted by Gasteiger charge is -2.17. The van der Waals surface area contributed by atoms with Crippen LogP contribution in [0.1, 0.15) is 29.7 Å². The van der Waals surface area contributed by atoms with E-state index in [1.165, 1.54) is 37.4 Å². The molecule has 1 atom stereocenters. The molecule has 4 nitrogen and oxygen atoms in total. The molecule has 1 aromatic heterocycles. The molecular weight excluding hydrogens is 361 g/mol. The zero-order chi connectivity index (χ0) is 17.6. The van der Waals surface area contributed by atoms with Crippen molar-refractivity contribution < 1.29 is 18.7 Å². The number of benzene rings is 1. The summed E-state index contributed by atoms with van der Waals surface area (Å²) in [5.74, 6) is -5.05. The minimum Gasteiger partial charge on any atom is -0.389 e. The van der Waals surface area contributed by atoms with Crippen LogP contribution < -0.4 is 4.90 Å². The number of pyridine rings is 1. The standard InChI is InChI=1S/C16H12Cl2F2N2O2/c1-8(23)10-3-2-4-12-13(10)16(19,20)15(24)22(12)7-9-5-11(17)14(18)21-6-9/h2-6,8,23H,7H2,1H3/t8-/m0/s1. The molecule has 0 unspecified atom stereocenters. The Balaban J connectivity index is 2.07. The normalized spacial score (nSPS) is 17.1. The maximum Gasteiger partial charge on any atom is 0.352 e. The van der Waals surface area contributed by atoms with Gasteiger partial charge < -0.3 is 10.0 Å². The molecular formula is C16H12Cl2F2N2O2. The molecule has 0 saturated heterocycles. The lowest BCUT2D eigenvalue weighted by Crippen LogP contribution is -2.34. The first kappa shape index (κ1) is 17.1. The minimum absolute atomic E-state index is 0.0283. The van der Waals surface area contributed by atoms with E-state index in [1.807, 2.05) is 0 Å². The van der Waals surface area contributed by atoms with Gasteiger partial charge in [0.15, 0.2) is 0 Å². The summed E-state index contributed by atoms with van der Waals surface area (Å²) < 4.78 is 29.0. The second-order valence-corrected chi connectivity index (χ2v) is 6.26. The number of fused-ring (bicyclic) bond motifs is 1. The minimum atomic E-state index is -3.70. The third-order valence-corrected chi connectivity index (χ3v) is 4.52. The van der Waals surface area contributed by atoms with Crippen LogP contribution in [0.2, 0.25) is 10.2 Å². The first-order chi connectivity index (χ1) is 11.2. The van der Waals surface area contributed by atoms with Crippen LogP contribution in [0, 0.1) is 0 Å². The number of hydrogen-bond donors (Lipinski definition) is 1. The highest BCUT2D eigenvalue weighted by molar-refractivity contribution is 6.41. The van der Waals surface area contributed by atoms with E-state index in [1.54, 1.807) is 0 Å². The van der Waals surface area contributed by atoms with Crippen LogP contribution in [0.5, 0.6) is 0 Å². The van der Waals surface area contributed by atoms with Gasteiger partial charge >= 0.3 is 11.8 Å². The van der Waals surface area contributed by atoms with Crippen molar-refractivity contribution in [3.63, 3.8) is 0 Å². The number of rotatable bonds is 3. The van der Waals surface area contributed by atoms with Gasteiger partial charge in [-0.1, -0.05) is 35.3 Å². The molecule has 8 heteroatoms. The van der Waals surface area contributed by atoms with E-state index in [0.29, 0.717) is 5.56 Å². The molecule has 1 aromatic carbocycles. The van der Waals surface area contributed by atoms with E-state index in [4.69, 9.17) is 23.2 Å². The van der Waals surface area contributed by atoms with Crippen molar-refractivity contribution in [2.45, 2.75) is 25.5 Å². The topological polar surface area (TPSA) is 53.4 Å². The summed E-state index contributed by atoms with van der Waals surface area (Å²) in [6, 6.07) is 5.80. The fourth-order valence-electron chi connectivity index (χ4n) is 2.75. The SMILES string of the molecule is C[C@H](O)c1cccc2c1C(F)(F)C(=O)N2Cc1cnc(Cl)c(Cl)c1. The number of amides is 1. The number of carbonyl (C=O) groups excluding carboxylic acids is 1. The van der Waals surface area contributed by atoms with E-state index in [9.17, 15) is 18.7 Å². The van der Waals surface area contributed by atoms with E-state index in [0.717, 1.165) is 4.90 Å². The van der Waals surface area contributed by atoms with Crippen molar-refractivity contribution in [2.75, 3.05) is 4.90 Å². The molecule has 0 saturated carbocycles. The first-order valence-corrected chi connectivity index (χ1v) is 7.80. The highest BCUT2D eigenvalue weighted by Gasteiger charge is 2.54. The maximum atomic E-state index is 14.5. The van der Waals surface area contributed by atoms with Gasteiger partial charge in [-0.15, -0.1) is 0 Å². The third kappa shape index (κ3) is 2.64. The van der Waals surface area contributed by atoms with Gasteiger partial charge in [0.1, 0.15) is 5.15 Å². The van der Waals surface area contributed by atoms with Gasteiger partial charge in [-0.3, -0.25) is 4.79 Å². The van der Waals surface area contributed by atoms with Crippen molar-refractivity contribution in [3.05, 3.63) is 57.3 Å². The average Bonchev–Trinajstić information content (AvgIpc) is 2.72. The second kappa shape index (κ2) is 5.95. The zero-order valence-corrected chi connectivity index (χ0v) is 13.9. The lowest BCUT2D eigenvalue weighted by molar-refractivity contribution is -0.141. The van der Waals surface area contributed by atoms with Gasteiger partial charge in [0.25, 0.3) is 0 Å². The molecule has 1 N–H and O–H groups in total. The number of aromatic nitrogens is 1. The second-order valence-electron chi connectivity index (χ2n) is 5.50. The smallest absolute Gasteiger partial charge is 0.352 e. The van der Waals surface area contributed by atoms with Crippen molar-refractivity contribution in [2.24, 2.45) is 0 Å². The highest BCUT2D eigenvalue weighted by Crippen LogP contribution is 2.47. The lowest BCUT2D eigenvalue weighted by atomic mass is 9.98. The van der Waals surface area contributed by atoms with Gasteiger partial charge in [0.2, 0.25) is 0 Å². The van der Waals surface area contributed by atoms with Gasteiger partial charge in [0, 0.05) is 6.20 Å². The summed E-state index contributed by atoms with van der Waals surface area (Å²) in [4.78, 5) is 17.0. The summed E-state index contributed by atoms with van der Waals surface area (Å²) >= 11 is 11.6. The molecule has 0 aliphatic carbocycles. The number of alkyl halides is 2. The van der Waals surface area contributed by atoms with Crippen molar-refractivity contribution in [1.29, 1.82) is 0 Å². The van der Waals surface area contributed by atoms with Crippen LogP contribution in [0.25, 0.3) is 0 Å². The van der Waals surface area contributed by atoms with Crippen molar-refractivity contribution >= 4 is 34.8 Å². The molecule has 2 aromatic rings. The van der Waals surface area contributed by atoms with Gasteiger partial charge in [-0.05, 0) is 30.2 Å². The van der Waals surface area contributed by atoms with Crippen LogP contribution in [-0.2, 0) is 17.3 Å². The number of aliphatic hydroxyl groups is 1. The number of halogens is 4. The molecule has 24 heavy (non-hydrogen) atoms. The quantitative estimate of drug-likeness (QED) is 0.825. The zero-order valence-electron chi connectivity index (χ0n) is 12.4. The van der Waals surface area contributed by atoms with E-state index in [-0.39, 0.29) is 28.0 Å². The van der Waals surface area contributed by atoms with Crippen molar-refractivity contribution in [3.8, 4) is 0 Å². The molecule has 3 rings (SSSR count). The molecule has 1 amide bonds. The Morgan fingerprint density at radius 1 is 1.38 bits per heavy atom. The molecule has 1 aliphatic heterocycles. The molecule has 0 spiro atoms. The number of hydrogen-bond acceptors (Lipinski definition) is 3. The Labute approximate surface area is 146 Å². The highest BCUT2D eigenvalue weighted by atomic mass is 35.5. The molecule has 0 bridgehead atoms. The Kier molecular flexibility index (Phi) is 4.23.